The quantitative estimate of drug-likeness (QED) is 0.308. The van der Waals surface area contributed by atoms with Crippen LogP contribution in [0.2, 0.25) is 0 Å². The fourth-order valence-corrected chi connectivity index (χ4v) is 1.01. The van der Waals surface area contributed by atoms with Gasteiger partial charge in [0.25, 0.3) is 0 Å². The van der Waals surface area contributed by atoms with Crippen LogP contribution in [0.15, 0.2) is 0 Å². The van der Waals surface area contributed by atoms with E-state index >= 15 is 0 Å². The van der Waals surface area contributed by atoms with Gasteiger partial charge in [-0.3, -0.25) is 0 Å². The summed E-state index contributed by atoms with van der Waals surface area (Å²) in [6.07, 6.45) is 0. The van der Waals surface area contributed by atoms with Crippen molar-refractivity contribution in [2.45, 2.75) is 5.29 Å². The first-order valence-corrected chi connectivity index (χ1v) is 4.21. The fourth-order valence-electron chi connectivity index (χ4n) is 0.655. The third-order valence-corrected chi connectivity index (χ3v) is 2.99. The number of hydrogen-bond acceptors (Lipinski definition) is 3. The predicted molar refractivity (Wildman–Crippen MR) is 44.7 cm³/mol. The lowest BCUT2D eigenvalue weighted by Gasteiger charge is -2.28. The van der Waals surface area contributed by atoms with Crippen LogP contribution in [0.1, 0.15) is 0 Å². The van der Waals surface area contributed by atoms with Crippen molar-refractivity contribution in [2.24, 2.45) is 0 Å². The Balaban J connectivity index is 3.62. The van der Waals surface area contributed by atoms with Crippen LogP contribution in [0, 0.1) is 0 Å². The SMILES string of the molecule is CNCC([SiH3])(NC)NC. The van der Waals surface area contributed by atoms with Crippen LogP contribution in [0.4, 0.5) is 0 Å². The summed E-state index contributed by atoms with van der Waals surface area (Å²) in [7, 11) is 7.00. The molecule has 3 nitrogen and oxygen atoms in total. The largest absolute Gasteiger partial charge is 0.317 e. The molecular formula is C5H17N3Si. The first-order chi connectivity index (χ1) is 4.18. The average Bonchev–Trinajstić information content (AvgIpc) is 1.89. The van der Waals surface area contributed by atoms with Crippen molar-refractivity contribution in [1.29, 1.82) is 0 Å². The van der Waals surface area contributed by atoms with Crippen molar-refractivity contribution in [3.05, 3.63) is 0 Å². The molecule has 0 radical (unpaired) electrons. The molecule has 0 saturated carbocycles. The Labute approximate surface area is 60.0 Å². The zero-order valence-corrected chi connectivity index (χ0v) is 8.71. The van der Waals surface area contributed by atoms with E-state index in [2.05, 4.69) is 16.0 Å². The molecule has 0 aromatic heterocycles. The lowest BCUT2D eigenvalue weighted by Crippen LogP contribution is -2.60. The van der Waals surface area contributed by atoms with Crippen LogP contribution < -0.4 is 16.0 Å². The van der Waals surface area contributed by atoms with E-state index in [4.69, 9.17) is 0 Å². The van der Waals surface area contributed by atoms with Gasteiger partial charge in [0.15, 0.2) is 0 Å². The molecule has 9 heavy (non-hydrogen) atoms. The van der Waals surface area contributed by atoms with Crippen LogP contribution >= 0.6 is 0 Å². The third kappa shape index (κ3) is 2.95. The van der Waals surface area contributed by atoms with Gasteiger partial charge in [-0.25, -0.2) is 0 Å². The first-order valence-electron chi connectivity index (χ1n) is 3.21. The molecule has 0 amide bonds. The second-order valence-electron chi connectivity index (χ2n) is 2.36. The summed E-state index contributed by atoms with van der Waals surface area (Å²) in [6, 6.07) is 0. The molecule has 0 saturated heterocycles. The number of nitrogens with one attached hydrogen (secondary N) is 3. The van der Waals surface area contributed by atoms with Crippen molar-refractivity contribution in [3.8, 4) is 0 Å². The minimum atomic E-state index is 0.161. The van der Waals surface area contributed by atoms with Gasteiger partial charge in [0, 0.05) is 16.8 Å². The van der Waals surface area contributed by atoms with Crippen LogP contribution in [0.3, 0.4) is 0 Å². The highest BCUT2D eigenvalue weighted by atomic mass is 28.1. The molecule has 0 fully saturated rings. The first kappa shape index (κ1) is 9.10. The molecule has 56 valence electrons. The Morgan fingerprint density at radius 2 is 1.67 bits per heavy atom. The van der Waals surface area contributed by atoms with E-state index < -0.39 is 0 Å². The molecule has 0 bridgehead atoms. The van der Waals surface area contributed by atoms with Crippen molar-refractivity contribution in [2.75, 3.05) is 27.7 Å². The maximum atomic E-state index is 3.22. The molecule has 0 aromatic carbocycles. The Morgan fingerprint density at radius 1 is 1.22 bits per heavy atom. The smallest absolute Gasteiger partial charge is 0.0591 e. The lowest BCUT2D eigenvalue weighted by atomic mass is 10.4. The van der Waals surface area contributed by atoms with Gasteiger partial charge in [0.2, 0.25) is 0 Å². The minimum absolute atomic E-state index is 0.161. The second kappa shape index (κ2) is 4.00. The molecule has 3 N–H and O–H groups in total. The topological polar surface area (TPSA) is 36.1 Å². The summed E-state index contributed by atoms with van der Waals surface area (Å²) in [6.45, 7) is 0.978. The van der Waals surface area contributed by atoms with Crippen molar-refractivity contribution in [3.63, 3.8) is 0 Å². The number of rotatable bonds is 4. The van der Waals surface area contributed by atoms with Crippen LogP contribution in [0.5, 0.6) is 0 Å². The van der Waals surface area contributed by atoms with Crippen LogP contribution in [-0.4, -0.2) is 43.2 Å². The normalized spacial score (nSPS) is 12.3. The molecule has 0 spiro atoms. The predicted octanol–water partition coefficient (Wildman–Crippen LogP) is -2.34. The van der Waals surface area contributed by atoms with Crippen molar-refractivity contribution >= 4 is 10.2 Å². The van der Waals surface area contributed by atoms with Gasteiger partial charge in [-0.1, -0.05) is 0 Å². The van der Waals surface area contributed by atoms with Gasteiger partial charge in [-0.2, -0.15) is 0 Å². The highest BCUT2D eigenvalue weighted by molar-refractivity contribution is 6.15. The Kier molecular flexibility index (Phi) is 4.04. The zero-order chi connectivity index (χ0) is 7.33. The summed E-state index contributed by atoms with van der Waals surface area (Å²) in [4.78, 5) is 0. The van der Waals surface area contributed by atoms with E-state index in [1.807, 2.05) is 21.1 Å². The van der Waals surface area contributed by atoms with E-state index in [-0.39, 0.29) is 5.29 Å². The highest BCUT2D eigenvalue weighted by Crippen LogP contribution is 1.85. The van der Waals surface area contributed by atoms with Gasteiger partial charge >= 0.3 is 0 Å². The summed E-state index contributed by atoms with van der Waals surface area (Å²) >= 11 is 0. The monoisotopic (exact) mass is 147 g/mol. The lowest BCUT2D eigenvalue weighted by molar-refractivity contribution is 0.414. The number of likely N-dealkylation sites (N-methyl/N-ethyl adjacent to an activating group) is 3. The molecular weight excluding hydrogens is 130 g/mol. The average molecular weight is 147 g/mol. The van der Waals surface area contributed by atoms with Crippen molar-refractivity contribution in [1.82, 2.24) is 16.0 Å². The van der Waals surface area contributed by atoms with Gasteiger partial charge in [-0.05, 0) is 21.1 Å². The summed E-state index contributed by atoms with van der Waals surface area (Å²) in [5.41, 5.74) is 0. The minimum Gasteiger partial charge on any atom is -0.317 e. The van der Waals surface area contributed by atoms with E-state index in [1.54, 1.807) is 0 Å². The van der Waals surface area contributed by atoms with E-state index in [0.29, 0.717) is 0 Å². The molecule has 0 aromatic rings. The molecule has 0 rings (SSSR count). The molecule has 0 heterocycles. The van der Waals surface area contributed by atoms with Gasteiger partial charge < -0.3 is 16.0 Å². The molecule has 0 atom stereocenters. The molecule has 0 aliphatic rings. The molecule has 0 aliphatic carbocycles. The standard InChI is InChI=1S/C5H17N3Si/c1-6-4-5(9,7-2)8-3/h6-8H,4H2,1-3,9H3. The fraction of sp³-hybridized carbons (Fsp3) is 1.00. The Bertz CT molecular complexity index is 72.6. The van der Waals surface area contributed by atoms with Crippen LogP contribution in [-0.2, 0) is 0 Å². The molecule has 4 heteroatoms. The third-order valence-electron chi connectivity index (χ3n) is 1.63. The zero-order valence-electron chi connectivity index (χ0n) is 6.71. The van der Waals surface area contributed by atoms with E-state index in [0.717, 1.165) is 16.8 Å². The van der Waals surface area contributed by atoms with Gasteiger partial charge in [0.05, 0.1) is 5.29 Å². The second-order valence-corrected chi connectivity index (χ2v) is 4.07. The maximum Gasteiger partial charge on any atom is 0.0591 e. The highest BCUT2D eigenvalue weighted by Gasteiger charge is 2.15. The molecule has 0 unspecified atom stereocenters. The van der Waals surface area contributed by atoms with E-state index in [9.17, 15) is 0 Å². The van der Waals surface area contributed by atoms with Crippen LogP contribution in [0.25, 0.3) is 0 Å². The number of hydrogen-bond donors (Lipinski definition) is 3. The Morgan fingerprint density at radius 3 is 1.78 bits per heavy atom. The van der Waals surface area contributed by atoms with Gasteiger partial charge in [-0.15, -0.1) is 0 Å². The summed E-state index contributed by atoms with van der Waals surface area (Å²) < 4.78 is 0. The summed E-state index contributed by atoms with van der Waals surface area (Å²) in [5.74, 6) is 0. The molecule has 0 aliphatic heterocycles. The van der Waals surface area contributed by atoms with Crippen molar-refractivity contribution < 1.29 is 0 Å². The van der Waals surface area contributed by atoms with E-state index in [1.165, 1.54) is 0 Å². The van der Waals surface area contributed by atoms with Gasteiger partial charge in [0.1, 0.15) is 0 Å². The summed E-state index contributed by atoms with van der Waals surface area (Å²) in [5, 5.41) is 9.72. The maximum absolute atomic E-state index is 3.22. The Hall–Kier alpha value is 0.0969.